The van der Waals surface area contributed by atoms with E-state index in [2.05, 4.69) is 19.9 Å². The predicted octanol–water partition coefficient (Wildman–Crippen LogP) is 7.10. The SMILES string of the molecule is CC(=O)N1CCN(c2cc(C(F)(F)F)cc3[nH]ccc23)CC1.CC(=O)N1CCN(c2cc(F)cc3[nH]ccc23)CC1.CS(=O)(=O)N1CCN(c2cc(C(F)(F)F)cc3[nH]ccc23)CC1. The van der Waals surface area contributed by atoms with Gasteiger partial charge in [-0.2, -0.15) is 30.6 Å². The first-order valence-electron chi connectivity index (χ1n) is 20.5. The standard InChI is InChI=1S/C15H16F3N3O.C14H16F3N3O2S.C14H16FN3O/c1-10(22)20-4-6-21(7-5-20)14-9-11(15(16,17)18)8-13-12(14)2-3-19-13;1-23(21,22)20-6-4-19(5-7-20)13-9-10(14(15,16)17)8-12-11(13)2-3-18-12;1-10(19)17-4-6-18(7-5-17)14-9-11(15)8-13-12(14)2-3-16-13/h2-3,8-9,19H,4-7H2,1H3;2-3,8-9,18H,4-7H2,1H3;2-3,8-9,16H,4-7H2,1H3. The Balaban J connectivity index is 0.000000144. The second kappa shape index (κ2) is 18.3. The highest BCUT2D eigenvalue weighted by Gasteiger charge is 2.34. The monoisotopic (exact) mass is 919 g/mol. The number of nitrogens with one attached hydrogen (secondary N) is 3. The van der Waals surface area contributed by atoms with Crippen LogP contribution in [0.4, 0.5) is 47.8 Å². The molecule has 344 valence electrons. The minimum atomic E-state index is -4.43. The van der Waals surface area contributed by atoms with Crippen LogP contribution in [0.1, 0.15) is 25.0 Å². The van der Waals surface area contributed by atoms with E-state index in [1.807, 2.05) is 22.1 Å². The Labute approximate surface area is 364 Å². The summed E-state index contributed by atoms with van der Waals surface area (Å²) < 4.78 is 116. The average Bonchev–Trinajstić information content (AvgIpc) is 4.04. The van der Waals surface area contributed by atoms with E-state index >= 15 is 0 Å². The Morgan fingerprint density at radius 3 is 1.17 bits per heavy atom. The van der Waals surface area contributed by atoms with Gasteiger partial charge < -0.3 is 39.5 Å². The Morgan fingerprint density at radius 2 is 0.844 bits per heavy atom. The lowest BCUT2D eigenvalue weighted by Crippen LogP contribution is -2.48. The first-order valence-corrected chi connectivity index (χ1v) is 22.4. The number of hydrogen-bond acceptors (Lipinski definition) is 7. The van der Waals surface area contributed by atoms with Crippen molar-refractivity contribution >= 4 is 71.6 Å². The number of benzene rings is 3. The van der Waals surface area contributed by atoms with Gasteiger partial charge in [-0.15, -0.1) is 0 Å². The molecule has 3 N–H and O–H groups in total. The van der Waals surface area contributed by atoms with E-state index in [1.54, 1.807) is 47.3 Å². The van der Waals surface area contributed by atoms with Crippen molar-refractivity contribution in [1.82, 2.24) is 29.1 Å². The van der Waals surface area contributed by atoms with Crippen LogP contribution >= 0.6 is 0 Å². The molecule has 3 aromatic carbocycles. The molecule has 0 spiro atoms. The summed E-state index contributed by atoms with van der Waals surface area (Å²) >= 11 is 0. The molecule has 3 aromatic heterocycles. The van der Waals surface area contributed by atoms with Gasteiger partial charge in [-0.1, -0.05) is 0 Å². The Hall–Kier alpha value is -5.96. The van der Waals surface area contributed by atoms with Crippen molar-refractivity contribution in [3.05, 3.63) is 90.1 Å². The van der Waals surface area contributed by atoms with Crippen molar-refractivity contribution in [2.75, 3.05) is 99.5 Å². The summed E-state index contributed by atoms with van der Waals surface area (Å²) in [6.45, 7) is 9.30. The predicted molar refractivity (Wildman–Crippen MR) is 232 cm³/mol. The topological polar surface area (TPSA) is 135 Å². The molecular formula is C43H48F7N9O4S. The number of fused-ring (bicyclic) bond motifs is 3. The van der Waals surface area contributed by atoms with Gasteiger partial charge in [0.25, 0.3) is 0 Å². The van der Waals surface area contributed by atoms with Gasteiger partial charge in [-0.3, -0.25) is 9.59 Å². The number of alkyl halides is 6. The normalized spacial score (nSPS) is 16.8. The number of H-pyrrole nitrogens is 3. The largest absolute Gasteiger partial charge is 0.416 e. The van der Waals surface area contributed by atoms with Gasteiger partial charge in [0.15, 0.2) is 0 Å². The number of hydrogen-bond donors (Lipinski definition) is 3. The van der Waals surface area contributed by atoms with Crippen molar-refractivity contribution in [1.29, 1.82) is 0 Å². The molecule has 3 saturated heterocycles. The summed E-state index contributed by atoms with van der Waals surface area (Å²) in [5, 5.41) is 2.49. The molecule has 0 unspecified atom stereocenters. The number of nitrogens with zero attached hydrogens (tertiary/aromatic N) is 6. The summed E-state index contributed by atoms with van der Waals surface area (Å²) in [6.07, 6.45) is -2.62. The van der Waals surface area contributed by atoms with Gasteiger partial charge >= 0.3 is 12.4 Å². The van der Waals surface area contributed by atoms with E-state index in [0.29, 0.717) is 80.2 Å². The van der Waals surface area contributed by atoms with E-state index in [9.17, 15) is 48.7 Å². The molecule has 0 atom stereocenters. The van der Waals surface area contributed by atoms with Crippen LogP contribution in [0.3, 0.4) is 0 Å². The van der Waals surface area contributed by atoms with Crippen LogP contribution in [0.15, 0.2) is 73.2 Å². The summed E-state index contributed by atoms with van der Waals surface area (Å²) in [6, 6.07) is 13.1. The molecule has 0 radical (unpaired) electrons. The first kappa shape index (κ1) is 46.0. The molecule has 13 nitrogen and oxygen atoms in total. The van der Waals surface area contributed by atoms with E-state index in [4.69, 9.17) is 0 Å². The van der Waals surface area contributed by atoms with Gasteiger partial charge in [-0.25, -0.2) is 12.8 Å². The average molecular weight is 920 g/mol. The summed E-state index contributed by atoms with van der Waals surface area (Å²) in [4.78, 5) is 40.7. The molecule has 6 aromatic rings. The van der Waals surface area contributed by atoms with E-state index in [0.717, 1.165) is 59.5 Å². The summed E-state index contributed by atoms with van der Waals surface area (Å²) in [5.41, 5.74) is 2.26. The van der Waals surface area contributed by atoms with Gasteiger partial charge in [0, 0.05) is 155 Å². The molecule has 0 bridgehead atoms. The number of rotatable bonds is 4. The van der Waals surface area contributed by atoms with Crippen LogP contribution in [0.5, 0.6) is 0 Å². The fourth-order valence-corrected chi connectivity index (χ4v) is 9.13. The van der Waals surface area contributed by atoms with Crippen molar-refractivity contribution in [2.24, 2.45) is 0 Å². The minimum Gasteiger partial charge on any atom is -0.368 e. The molecule has 64 heavy (non-hydrogen) atoms. The number of anilines is 3. The van der Waals surface area contributed by atoms with E-state index in [1.165, 1.54) is 23.4 Å². The maximum Gasteiger partial charge on any atom is 0.416 e. The fraction of sp³-hybridized carbons (Fsp3) is 0.395. The minimum absolute atomic E-state index is 0.00418. The van der Waals surface area contributed by atoms with Gasteiger partial charge in [0.05, 0.1) is 22.9 Å². The smallest absolute Gasteiger partial charge is 0.368 e. The molecule has 3 fully saturated rings. The third-order valence-electron chi connectivity index (χ3n) is 11.7. The summed E-state index contributed by atoms with van der Waals surface area (Å²) in [5.74, 6) is -0.139. The lowest BCUT2D eigenvalue weighted by molar-refractivity contribution is -0.138. The zero-order chi connectivity index (χ0) is 46.1. The zero-order valence-corrected chi connectivity index (χ0v) is 36.1. The maximum absolute atomic E-state index is 13.6. The Bertz CT molecular complexity index is 2720. The number of carbonyl (C=O) groups is 2. The molecule has 2 amide bonds. The Kier molecular flexibility index (Phi) is 13.1. The number of piperazine rings is 3. The lowest BCUT2D eigenvalue weighted by Gasteiger charge is -2.36. The van der Waals surface area contributed by atoms with E-state index in [-0.39, 0.29) is 30.7 Å². The molecule has 3 aliphatic heterocycles. The third-order valence-corrected chi connectivity index (χ3v) is 13.0. The number of sulfonamides is 1. The quantitative estimate of drug-likeness (QED) is 0.161. The second-order valence-corrected chi connectivity index (χ2v) is 17.8. The maximum atomic E-state index is 13.6. The highest BCUT2D eigenvalue weighted by Crippen LogP contribution is 2.38. The highest BCUT2D eigenvalue weighted by molar-refractivity contribution is 7.88. The molecular weight excluding hydrogens is 872 g/mol. The van der Waals surface area contributed by atoms with Crippen molar-refractivity contribution < 1.29 is 48.7 Å². The van der Waals surface area contributed by atoms with Gasteiger partial charge in [0.1, 0.15) is 5.82 Å². The molecule has 9 rings (SSSR count). The van der Waals surface area contributed by atoms with Crippen LogP contribution in [0.25, 0.3) is 32.7 Å². The molecule has 0 aliphatic carbocycles. The molecule has 0 saturated carbocycles. The molecule has 21 heteroatoms. The van der Waals surface area contributed by atoms with Crippen LogP contribution in [0, 0.1) is 5.82 Å². The number of aromatic amines is 3. The van der Waals surface area contributed by atoms with Gasteiger partial charge in [0.2, 0.25) is 21.8 Å². The van der Waals surface area contributed by atoms with Crippen LogP contribution < -0.4 is 14.7 Å². The van der Waals surface area contributed by atoms with Crippen LogP contribution in [0.2, 0.25) is 0 Å². The number of halogens is 7. The molecule has 3 aliphatic rings. The van der Waals surface area contributed by atoms with Crippen molar-refractivity contribution in [3.8, 4) is 0 Å². The van der Waals surface area contributed by atoms with Crippen LogP contribution in [-0.2, 0) is 32.0 Å². The number of aromatic nitrogens is 3. The zero-order valence-electron chi connectivity index (χ0n) is 35.3. The van der Waals surface area contributed by atoms with Gasteiger partial charge in [-0.05, 0) is 54.6 Å². The van der Waals surface area contributed by atoms with Crippen molar-refractivity contribution in [2.45, 2.75) is 26.2 Å². The van der Waals surface area contributed by atoms with Crippen molar-refractivity contribution in [3.63, 3.8) is 0 Å². The van der Waals surface area contributed by atoms with Crippen LogP contribution in [-0.4, -0.2) is 134 Å². The Morgan fingerprint density at radius 1 is 0.516 bits per heavy atom. The fourth-order valence-electron chi connectivity index (χ4n) is 8.30. The lowest BCUT2D eigenvalue weighted by atomic mass is 10.1. The third kappa shape index (κ3) is 10.4. The molecule has 6 heterocycles. The number of carbonyl (C=O) groups excluding carboxylic acids is 2. The summed E-state index contributed by atoms with van der Waals surface area (Å²) in [7, 11) is -3.27. The number of amides is 2. The van der Waals surface area contributed by atoms with E-state index < -0.39 is 33.5 Å². The first-order chi connectivity index (χ1) is 30.2. The highest BCUT2D eigenvalue weighted by atomic mass is 32.2. The second-order valence-electron chi connectivity index (χ2n) is 15.9.